The summed E-state index contributed by atoms with van der Waals surface area (Å²) in [6.07, 6.45) is 6.71. The molecule has 2 nitrogen and oxygen atoms in total. The molecule has 108 valence electrons. The maximum atomic E-state index is 12.4. The fraction of sp³-hybridized carbons (Fsp3) is 0.588. The van der Waals surface area contributed by atoms with Gasteiger partial charge in [0.1, 0.15) is 5.78 Å². The van der Waals surface area contributed by atoms with E-state index in [-0.39, 0.29) is 11.5 Å². The molecule has 3 rings (SSSR count). The van der Waals surface area contributed by atoms with E-state index in [0.29, 0.717) is 11.5 Å². The molecule has 1 aromatic carbocycles. The Bertz CT molecular complexity index is 451. The van der Waals surface area contributed by atoms with Gasteiger partial charge in [0.2, 0.25) is 0 Å². The average Bonchev–Trinajstić information content (AvgIpc) is 2.93. The summed E-state index contributed by atoms with van der Waals surface area (Å²) in [4.78, 5) is 13.6. The van der Waals surface area contributed by atoms with Gasteiger partial charge >= 0.3 is 0 Å². The van der Waals surface area contributed by atoms with Gasteiger partial charge in [-0.2, -0.15) is 0 Å². The first-order valence-corrected chi connectivity index (χ1v) is 8.61. The summed E-state index contributed by atoms with van der Waals surface area (Å²) in [5, 5.41) is 0. The van der Waals surface area contributed by atoms with E-state index in [1.54, 1.807) is 11.8 Å². The summed E-state index contributed by atoms with van der Waals surface area (Å²) >= 11 is 1.66. The molecule has 2 aliphatic rings. The highest BCUT2D eigenvalue weighted by Gasteiger charge is 2.41. The number of thioether (sulfide) groups is 1. The smallest absolute Gasteiger partial charge is 0.146 e. The number of carbonyl (C=O) groups is 1. The Labute approximate surface area is 125 Å². The minimum atomic E-state index is 0.0516. The molecule has 1 aromatic rings. The van der Waals surface area contributed by atoms with Crippen LogP contribution in [0.15, 0.2) is 35.2 Å². The third-order valence-corrected chi connectivity index (χ3v) is 5.62. The molecule has 1 heterocycles. The second-order valence-corrected chi connectivity index (χ2v) is 7.05. The zero-order chi connectivity index (χ0) is 13.8. The molecule has 1 unspecified atom stereocenters. The van der Waals surface area contributed by atoms with Crippen LogP contribution in [0.25, 0.3) is 0 Å². The van der Waals surface area contributed by atoms with Crippen LogP contribution in [0, 0.1) is 5.92 Å². The molecule has 0 aromatic heterocycles. The number of benzene rings is 1. The van der Waals surface area contributed by atoms with E-state index in [4.69, 9.17) is 4.74 Å². The van der Waals surface area contributed by atoms with Crippen LogP contribution in [0.1, 0.15) is 38.5 Å². The Kier molecular flexibility index (Phi) is 4.47. The molecule has 1 atom stereocenters. The molecule has 1 spiro atoms. The number of hydrogen-bond donors (Lipinski definition) is 0. The van der Waals surface area contributed by atoms with Crippen LogP contribution in [-0.4, -0.2) is 23.7 Å². The van der Waals surface area contributed by atoms with E-state index < -0.39 is 0 Å². The van der Waals surface area contributed by atoms with Gasteiger partial charge in [0, 0.05) is 17.4 Å². The molecule has 1 aliphatic carbocycles. The first kappa shape index (κ1) is 14.2. The molecule has 0 bridgehead atoms. The highest BCUT2D eigenvalue weighted by molar-refractivity contribution is 8.00. The number of ether oxygens (including phenoxy) is 1. The van der Waals surface area contributed by atoms with Crippen molar-refractivity contribution in [1.29, 1.82) is 0 Å². The number of hydrogen-bond acceptors (Lipinski definition) is 3. The van der Waals surface area contributed by atoms with Crippen molar-refractivity contribution >= 4 is 17.5 Å². The van der Waals surface area contributed by atoms with Gasteiger partial charge in [-0.15, -0.1) is 11.8 Å². The number of carbonyl (C=O) groups excluding carboxylic acids is 1. The minimum Gasteiger partial charge on any atom is -0.375 e. The lowest BCUT2D eigenvalue weighted by atomic mass is 9.83. The molecule has 1 saturated carbocycles. The van der Waals surface area contributed by atoms with Crippen LogP contribution in [0.3, 0.4) is 0 Å². The fourth-order valence-corrected chi connectivity index (χ4v) is 4.35. The Morgan fingerprint density at radius 1 is 1.25 bits per heavy atom. The van der Waals surface area contributed by atoms with Crippen molar-refractivity contribution in [2.75, 3.05) is 12.4 Å². The standard InChI is InChI=1S/C17H22O2S/c18-16(13-20-15-6-2-1-3-7-15)14-8-11-19-17(12-14)9-4-5-10-17/h1-3,6-7,14H,4-5,8-13H2. The maximum Gasteiger partial charge on any atom is 0.146 e. The summed E-state index contributed by atoms with van der Waals surface area (Å²) in [6, 6.07) is 10.2. The van der Waals surface area contributed by atoms with Gasteiger partial charge in [-0.1, -0.05) is 31.0 Å². The van der Waals surface area contributed by atoms with E-state index in [1.165, 1.54) is 17.7 Å². The number of ketones is 1. The SMILES string of the molecule is O=C(CSc1ccccc1)C1CCOC2(CCCC2)C1. The second-order valence-electron chi connectivity index (χ2n) is 6.00. The third kappa shape index (κ3) is 3.26. The van der Waals surface area contributed by atoms with Crippen LogP contribution >= 0.6 is 11.8 Å². The number of rotatable bonds is 4. The van der Waals surface area contributed by atoms with Crippen molar-refractivity contribution in [2.24, 2.45) is 5.92 Å². The molecule has 20 heavy (non-hydrogen) atoms. The predicted molar refractivity (Wildman–Crippen MR) is 82.0 cm³/mol. The van der Waals surface area contributed by atoms with Crippen LogP contribution < -0.4 is 0 Å². The first-order valence-electron chi connectivity index (χ1n) is 7.62. The van der Waals surface area contributed by atoms with E-state index in [0.717, 1.165) is 32.3 Å². The average molecular weight is 290 g/mol. The summed E-state index contributed by atoms with van der Waals surface area (Å²) in [5.41, 5.74) is 0.0516. The minimum absolute atomic E-state index is 0.0516. The van der Waals surface area contributed by atoms with E-state index in [9.17, 15) is 4.79 Å². The van der Waals surface area contributed by atoms with Gasteiger partial charge in [-0.05, 0) is 37.8 Å². The highest BCUT2D eigenvalue weighted by atomic mass is 32.2. The van der Waals surface area contributed by atoms with Crippen molar-refractivity contribution in [1.82, 2.24) is 0 Å². The molecule has 0 amide bonds. The molecule has 0 N–H and O–H groups in total. The molecule has 0 radical (unpaired) electrons. The van der Waals surface area contributed by atoms with Crippen LogP contribution in [0.4, 0.5) is 0 Å². The van der Waals surface area contributed by atoms with Crippen molar-refractivity contribution in [3.63, 3.8) is 0 Å². The molecule has 3 heteroatoms. The zero-order valence-electron chi connectivity index (χ0n) is 11.8. The quantitative estimate of drug-likeness (QED) is 0.781. The largest absolute Gasteiger partial charge is 0.375 e. The fourth-order valence-electron chi connectivity index (χ4n) is 3.46. The Morgan fingerprint density at radius 3 is 2.75 bits per heavy atom. The number of Topliss-reactive ketones (excluding diaryl/α,β-unsaturated/α-hetero) is 1. The third-order valence-electron chi connectivity index (χ3n) is 4.59. The van der Waals surface area contributed by atoms with Crippen molar-refractivity contribution < 1.29 is 9.53 Å². The van der Waals surface area contributed by atoms with Gasteiger partial charge in [0.15, 0.2) is 0 Å². The summed E-state index contributed by atoms with van der Waals surface area (Å²) in [6.45, 7) is 0.770. The Morgan fingerprint density at radius 2 is 2.00 bits per heavy atom. The lowest BCUT2D eigenvalue weighted by Crippen LogP contribution is -2.40. The van der Waals surface area contributed by atoms with E-state index in [2.05, 4.69) is 12.1 Å². The molecule has 2 fully saturated rings. The second kappa shape index (κ2) is 6.31. The monoisotopic (exact) mass is 290 g/mol. The molecule has 1 saturated heterocycles. The summed E-state index contributed by atoms with van der Waals surface area (Å²) < 4.78 is 6.01. The van der Waals surface area contributed by atoms with Crippen LogP contribution in [0.2, 0.25) is 0 Å². The highest BCUT2D eigenvalue weighted by Crippen LogP contribution is 2.42. The van der Waals surface area contributed by atoms with Crippen LogP contribution in [-0.2, 0) is 9.53 Å². The molecular formula is C17H22O2S. The molecular weight excluding hydrogens is 268 g/mol. The topological polar surface area (TPSA) is 26.3 Å². The molecule has 1 aliphatic heterocycles. The van der Waals surface area contributed by atoms with Gasteiger partial charge in [-0.3, -0.25) is 4.79 Å². The maximum absolute atomic E-state index is 12.4. The van der Waals surface area contributed by atoms with Gasteiger partial charge in [0.05, 0.1) is 11.4 Å². The normalized spacial score (nSPS) is 24.9. The van der Waals surface area contributed by atoms with Gasteiger partial charge < -0.3 is 4.74 Å². The lowest BCUT2D eigenvalue weighted by molar-refractivity contribution is -0.134. The van der Waals surface area contributed by atoms with Gasteiger partial charge in [0.25, 0.3) is 0 Å². The lowest BCUT2D eigenvalue weighted by Gasteiger charge is -2.37. The van der Waals surface area contributed by atoms with E-state index in [1.807, 2.05) is 18.2 Å². The Hall–Kier alpha value is -0.800. The predicted octanol–water partition coefficient (Wildman–Crippen LogP) is 4.09. The van der Waals surface area contributed by atoms with Crippen molar-refractivity contribution in [2.45, 2.75) is 49.0 Å². The van der Waals surface area contributed by atoms with Crippen molar-refractivity contribution in [3.05, 3.63) is 30.3 Å². The van der Waals surface area contributed by atoms with E-state index >= 15 is 0 Å². The first-order chi connectivity index (χ1) is 9.77. The summed E-state index contributed by atoms with van der Waals surface area (Å²) in [5.74, 6) is 1.23. The van der Waals surface area contributed by atoms with Gasteiger partial charge in [-0.25, -0.2) is 0 Å². The zero-order valence-corrected chi connectivity index (χ0v) is 12.7. The van der Waals surface area contributed by atoms with Crippen LogP contribution in [0.5, 0.6) is 0 Å². The van der Waals surface area contributed by atoms with Crippen molar-refractivity contribution in [3.8, 4) is 0 Å². The Balaban J connectivity index is 1.54. The summed E-state index contributed by atoms with van der Waals surface area (Å²) in [7, 11) is 0.